The van der Waals surface area contributed by atoms with Gasteiger partial charge < -0.3 is 10.1 Å². The van der Waals surface area contributed by atoms with E-state index >= 15 is 0 Å². The zero-order chi connectivity index (χ0) is 16.8. The van der Waals surface area contributed by atoms with E-state index in [-0.39, 0.29) is 5.91 Å². The van der Waals surface area contributed by atoms with Gasteiger partial charge in [-0.15, -0.1) is 11.8 Å². The fourth-order valence-electron chi connectivity index (χ4n) is 2.23. The first-order valence-corrected chi connectivity index (χ1v) is 8.94. The van der Waals surface area contributed by atoms with Gasteiger partial charge in [-0.3, -0.25) is 4.79 Å². The smallest absolute Gasteiger partial charge is 0.265 e. The number of carbonyl (C=O) groups is 1. The highest BCUT2D eigenvalue weighted by Crippen LogP contribution is 2.23. The van der Waals surface area contributed by atoms with Crippen LogP contribution in [-0.2, 0) is 4.79 Å². The third kappa shape index (κ3) is 4.76. The van der Waals surface area contributed by atoms with Gasteiger partial charge in [0, 0.05) is 10.6 Å². The maximum absolute atomic E-state index is 12.5. The largest absolute Gasteiger partial charge is 0.480 e. The number of hydrogen-bond donors (Lipinski definition) is 1. The van der Waals surface area contributed by atoms with Gasteiger partial charge in [0.2, 0.25) is 0 Å². The molecule has 0 bridgehead atoms. The fraction of sp³-hybridized carbons (Fsp3) is 0.316. The van der Waals surface area contributed by atoms with Crippen molar-refractivity contribution >= 4 is 23.4 Å². The first-order chi connectivity index (χ1) is 11.0. The van der Waals surface area contributed by atoms with Gasteiger partial charge in [-0.05, 0) is 61.9 Å². The predicted molar refractivity (Wildman–Crippen MR) is 97.5 cm³/mol. The Morgan fingerprint density at radius 3 is 2.70 bits per heavy atom. The Balaban J connectivity index is 2.10. The van der Waals surface area contributed by atoms with Gasteiger partial charge in [0.1, 0.15) is 5.75 Å². The van der Waals surface area contributed by atoms with Gasteiger partial charge in [0.05, 0.1) is 0 Å². The molecule has 0 spiro atoms. The second-order valence-corrected chi connectivity index (χ2v) is 6.38. The van der Waals surface area contributed by atoms with E-state index in [0.29, 0.717) is 6.42 Å². The molecule has 0 aromatic heterocycles. The number of benzene rings is 2. The maximum atomic E-state index is 12.5. The third-order valence-corrected chi connectivity index (χ3v) is 4.34. The molecule has 0 radical (unpaired) electrons. The van der Waals surface area contributed by atoms with Gasteiger partial charge >= 0.3 is 0 Å². The lowest BCUT2D eigenvalue weighted by atomic mass is 10.1. The number of anilines is 1. The second kappa shape index (κ2) is 8.06. The predicted octanol–water partition coefficient (Wildman–Crippen LogP) is 4.82. The summed E-state index contributed by atoms with van der Waals surface area (Å²) in [5.41, 5.74) is 2.95. The number of hydrogen-bond acceptors (Lipinski definition) is 3. The first kappa shape index (κ1) is 17.4. The lowest BCUT2D eigenvalue weighted by Gasteiger charge is -2.19. The molecule has 0 aliphatic rings. The van der Waals surface area contributed by atoms with Crippen molar-refractivity contribution < 1.29 is 9.53 Å². The molecule has 1 amide bonds. The van der Waals surface area contributed by atoms with Crippen LogP contribution in [0.25, 0.3) is 0 Å². The summed E-state index contributed by atoms with van der Waals surface area (Å²) in [7, 11) is 0. The standard InChI is InChI=1S/C19H23NO2S/c1-5-17(22-18-11-13(2)9-10-14(18)3)19(21)20-15-7-6-8-16(12-15)23-4/h6-12,17H,5H2,1-4H3,(H,20,21)/t17-/m0/s1. The van der Waals surface area contributed by atoms with E-state index in [1.165, 1.54) is 0 Å². The van der Waals surface area contributed by atoms with Crippen LogP contribution in [-0.4, -0.2) is 18.3 Å². The van der Waals surface area contributed by atoms with Crippen molar-refractivity contribution in [2.45, 2.75) is 38.2 Å². The van der Waals surface area contributed by atoms with Crippen molar-refractivity contribution in [3.8, 4) is 5.75 Å². The van der Waals surface area contributed by atoms with E-state index < -0.39 is 6.10 Å². The highest BCUT2D eigenvalue weighted by molar-refractivity contribution is 7.98. The van der Waals surface area contributed by atoms with E-state index in [1.54, 1.807) is 11.8 Å². The molecule has 0 saturated carbocycles. The number of amides is 1. The summed E-state index contributed by atoms with van der Waals surface area (Å²) in [6.45, 7) is 5.95. The summed E-state index contributed by atoms with van der Waals surface area (Å²) in [5.74, 6) is 0.650. The SMILES string of the molecule is CC[C@H](Oc1cc(C)ccc1C)C(=O)Nc1cccc(SC)c1. The van der Waals surface area contributed by atoms with Crippen molar-refractivity contribution in [1.29, 1.82) is 0 Å². The summed E-state index contributed by atoms with van der Waals surface area (Å²) >= 11 is 1.65. The molecule has 4 heteroatoms. The monoisotopic (exact) mass is 329 g/mol. The molecule has 3 nitrogen and oxygen atoms in total. The summed E-state index contributed by atoms with van der Waals surface area (Å²) in [4.78, 5) is 13.6. The molecule has 0 saturated heterocycles. The number of rotatable bonds is 6. The average molecular weight is 329 g/mol. The third-order valence-electron chi connectivity index (χ3n) is 3.61. The van der Waals surface area contributed by atoms with Crippen LogP contribution in [0.15, 0.2) is 47.4 Å². The van der Waals surface area contributed by atoms with Crippen LogP contribution >= 0.6 is 11.8 Å². The molecule has 122 valence electrons. The van der Waals surface area contributed by atoms with E-state index in [2.05, 4.69) is 5.32 Å². The number of ether oxygens (including phenoxy) is 1. The summed E-state index contributed by atoms with van der Waals surface area (Å²) in [6.07, 6.45) is 2.12. The quantitative estimate of drug-likeness (QED) is 0.772. The lowest BCUT2D eigenvalue weighted by molar-refractivity contribution is -0.122. The molecule has 0 aliphatic heterocycles. The molecule has 1 atom stereocenters. The Morgan fingerprint density at radius 1 is 1.22 bits per heavy atom. The summed E-state index contributed by atoms with van der Waals surface area (Å²) in [6, 6.07) is 13.8. The lowest BCUT2D eigenvalue weighted by Crippen LogP contribution is -2.32. The van der Waals surface area contributed by atoms with Crippen LogP contribution in [0.5, 0.6) is 5.75 Å². The molecular formula is C19H23NO2S. The number of nitrogens with one attached hydrogen (secondary N) is 1. The van der Waals surface area contributed by atoms with Crippen molar-refractivity contribution in [3.63, 3.8) is 0 Å². The van der Waals surface area contributed by atoms with Gasteiger partial charge in [0.25, 0.3) is 5.91 Å². The van der Waals surface area contributed by atoms with E-state index in [4.69, 9.17) is 4.74 Å². The minimum atomic E-state index is -0.506. The van der Waals surface area contributed by atoms with Crippen molar-refractivity contribution in [2.75, 3.05) is 11.6 Å². The van der Waals surface area contributed by atoms with Crippen molar-refractivity contribution in [1.82, 2.24) is 0 Å². The van der Waals surface area contributed by atoms with Gasteiger partial charge in [-0.25, -0.2) is 0 Å². The highest BCUT2D eigenvalue weighted by Gasteiger charge is 2.19. The first-order valence-electron chi connectivity index (χ1n) is 7.72. The van der Waals surface area contributed by atoms with E-state index in [0.717, 1.165) is 27.5 Å². The molecule has 2 aromatic rings. The van der Waals surface area contributed by atoms with Crippen LogP contribution in [0.2, 0.25) is 0 Å². The zero-order valence-electron chi connectivity index (χ0n) is 14.1. The number of aryl methyl sites for hydroxylation is 2. The van der Waals surface area contributed by atoms with Crippen molar-refractivity contribution in [3.05, 3.63) is 53.6 Å². The van der Waals surface area contributed by atoms with E-state index in [9.17, 15) is 4.79 Å². The van der Waals surface area contributed by atoms with E-state index in [1.807, 2.05) is 69.5 Å². The zero-order valence-corrected chi connectivity index (χ0v) is 14.9. The molecular weight excluding hydrogens is 306 g/mol. The van der Waals surface area contributed by atoms with Gasteiger partial charge in [0.15, 0.2) is 6.10 Å². The molecule has 1 N–H and O–H groups in total. The normalized spacial score (nSPS) is 11.8. The fourth-order valence-corrected chi connectivity index (χ4v) is 2.69. The number of thioether (sulfide) groups is 1. The van der Waals surface area contributed by atoms with Crippen LogP contribution < -0.4 is 10.1 Å². The average Bonchev–Trinajstić information content (AvgIpc) is 2.55. The van der Waals surface area contributed by atoms with Crippen LogP contribution in [0.4, 0.5) is 5.69 Å². The Kier molecular flexibility index (Phi) is 6.11. The Morgan fingerprint density at radius 2 is 2.00 bits per heavy atom. The van der Waals surface area contributed by atoms with Gasteiger partial charge in [-0.1, -0.05) is 25.1 Å². The Hall–Kier alpha value is -1.94. The van der Waals surface area contributed by atoms with Crippen LogP contribution in [0.1, 0.15) is 24.5 Å². The topological polar surface area (TPSA) is 38.3 Å². The van der Waals surface area contributed by atoms with Crippen molar-refractivity contribution in [2.24, 2.45) is 0 Å². The molecule has 2 aromatic carbocycles. The molecule has 0 aliphatic carbocycles. The molecule has 0 unspecified atom stereocenters. The Labute approximate surface area is 142 Å². The van der Waals surface area contributed by atoms with Crippen LogP contribution in [0.3, 0.4) is 0 Å². The molecule has 2 rings (SSSR count). The molecule has 0 heterocycles. The number of carbonyl (C=O) groups excluding carboxylic acids is 1. The molecule has 0 fully saturated rings. The minimum Gasteiger partial charge on any atom is -0.480 e. The minimum absolute atomic E-state index is 0.119. The summed E-state index contributed by atoms with van der Waals surface area (Å²) in [5, 5.41) is 2.94. The van der Waals surface area contributed by atoms with Crippen LogP contribution in [0, 0.1) is 13.8 Å². The second-order valence-electron chi connectivity index (χ2n) is 5.50. The highest BCUT2D eigenvalue weighted by atomic mass is 32.2. The Bertz CT molecular complexity index is 685. The maximum Gasteiger partial charge on any atom is 0.265 e. The summed E-state index contributed by atoms with van der Waals surface area (Å²) < 4.78 is 5.95. The molecule has 23 heavy (non-hydrogen) atoms. The van der Waals surface area contributed by atoms with Gasteiger partial charge in [-0.2, -0.15) is 0 Å².